The number of carbonyl (C=O) groups excluding carboxylic acids is 5. The average Bonchev–Trinajstić information content (AvgIpc) is 3.28. The normalized spacial score (nSPS) is 32.5. The molecule has 0 aromatic heterocycles. The van der Waals surface area contributed by atoms with E-state index in [4.69, 9.17) is 23.2 Å². The van der Waals surface area contributed by atoms with E-state index < -0.39 is 69.0 Å². The maximum Gasteiger partial charge on any atom is 0.423 e. The van der Waals surface area contributed by atoms with Crippen LogP contribution in [0.15, 0.2) is 54.1 Å². The number of hydrogen-bond donors (Lipinski definition) is 1. The highest BCUT2D eigenvalue weighted by molar-refractivity contribution is 6.58. The number of fused-ring (bicyclic) bond motifs is 4. The predicted octanol–water partition coefficient (Wildman–Crippen LogP) is 4.17. The van der Waals surface area contributed by atoms with Crippen LogP contribution in [0.5, 0.6) is 5.75 Å². The molecule has 0 radical (unpaired) electrons. The number of methoxy groups -OCH3 is 1. The molecule has 1 N–H and O–H groups in total. The van der Waals surface area contributed by atoms with E-state index in [0.717, 1.165) is 24.1 Å². The number of hydrogen-bond acceptors (Lipinski definition) is 7. The lowest BCUT2D eigenvalue weighted by Gasteiger charge is -2.50. The fourth-order valence-electron chi connectivity index (χ4n) is 6.90. The number of phenols is 1. The van der Waals surface area contributed by atoms with Crippen molar-refractivity contribution >= 4 is 58.6 Å². The molecule has 2 aliphatic carbocycles. The van der Waals surface area contributed by atoms with Gasteiger partial charge in [0.15, 0.2) is 9.75 Å². The smallest absolute Gasteiger partial charge is 0.423 e. The van der Waals surface area contributed by atoms with Crippen molar-refractivity contribution in [1.29, 1.82) is 0 Å². The maximum absolute atomic E-state index is 14.2. The van der Waals surface area contributed by atoms with Gasteiger partial charge in [-0.2, -0.15) is 4.90 Å². The van der Waals surface area contributed by atoms with Crippen molar-refractivity contribution in [2.24, 2.45) is 17.8 Å². The third-order valence-electron chi connectivity index (χ3n) is 8.81. The van der Waals surface area contributed by atoms with E-state index >= 15 is 0 Å². The van der Waals surface area contributed by atoms with Crippen molar-refractivity contribution in [3.05, 3.63) is 71.1 Å². The lowest BCUT2D eigenvalue weighted by atomic mass is 9.56. The Balaban J connectivity index is 1.56. The van der Waals surface area contributed by atoms with Crippen LogP contribution < -0.4 is 4.90 Å². The predicted molar refractivity (Wildman–Crippen MR) is 144 cm³/mol. The van der Waals surface area contributed by atoms with Gasteiger partial charge in [0.25, 0.3) is 11.8 Å². The minimum atomic E-state index is -2.09. The van der Waals surface area contributed by atoms with Crippen LogP contribution in [0.2, 0.25) is 0 Å². The molecule has 41 heavy (non-hydrogen) atoms. The molecule has 12 heteroatoms. The van der Waals surface area contributed by atoms with Gasteiger partial charge >= 0.3 is 6.09 Å². The number of ether oxygens (including phenoxy) is 1. The quantitative estimate of drug-likeness (QED) is 0.312. The Labute approximate surface area is 243 Å². The van der Waals surface area contributed by atoms with Crippen LogP contribution in [0.25, 0.3) is 0 Å². The molecule has 212 valence electrons. The summed E-state index contributed by atoms with van der Waals surface area (Å²) in [6.45, 7) is 1.65. The summed E-state index contributed by atoms with van der Waals surface area (Å²) in [5.74, 6) is -7.61. The van der Waals surface area contributed by atoms with E-state index in [2.05, 4.69) is 4.74 Å². The Morgan fingerprint density at radius 3 is 2.34 bits per heavy atom. The van der Waals surface area contributed by atoms with Crippen molar-refractivity contribution in [3.8, 4) is 5.75 Å². The fourth-order valence-corrected chi connectivity index (χ4v) is 7.84. The number of amides is 5. The topological polar surface area (TPSA) is 121 Å². The SMILES string of the molecule is COC(=O)N1C(=O)[C@H]2[C@H](CC=C3[C@H]2C[C@@]2(Cl)C(=O)N(c4ccc(F)cc4)C(=O)[C@@]2(Cl)[C@H]3c2ccc(O)c(C)c2)C1=O. The number of allylic oxidation sites excluding steroid dienone is 2. The van der Waals surface area contributed by atoms with Gasteiger partial charge < -0.3 is 9.84 Å². The highest BCUT2D eigenvalue weighted by Gasteiger charge is 2.76. The minimum Gasteiger partial charge on any atom is -0.508 e. The Morgan fingerprint density at radius 1 is 1.02 bits per heavy atom. The summed E-state index contributed by atoms with van der Waals surface area (Å²) in [6, 6.07) is 9.33. The molecule has 1 saturated carbocycles. The molecule has 9 nitrogen and oxygen atoms in total. The Bertz CT molecular complexity index is 1590. The molecule has 3 fully saturated rings. The summed E-state index contributed by atoms with van der Waals surface area (Å²) in [4.78, 5) is 64.5. The molecule has 0 bridgehead atoms. The van der Waals surface area contributed by atoms with E-state index in [1.807, 2.05) is 0 Å². The number of aromatic hydroxyl groups is 1. The summed E-state index contributed by atoms with van der Waals surface area (Å²) in [7, 11) is 1.06. The number of carbonyl (C=O) groups is 5. The summed E-state index contributed by atoms with van der Waals surface area (Å²) in [5, 5.41) is 10.2. The summed E-state index contributed by atoms with van der Waals surface area (Å²) in [5.41, 5.74) is 1.52. The molecule has 2 aliphatic heterocycles. The van der Waals surface area contributed by atoms with Crippen LogP contribution in [0.3, 0.4) is 0 Å². The Kier molecular flexibility index (Phi) is 6.10. The average molecular weight is 601 g/mol. The number of benzene rings is 2. The molecule has 0 unspecified atom stereocenters. The molecule has 2 saturated heterocycles. The second-order valence-corrected chi connectivity index (χ2v) is 12.0. The van der Waals surface area contributed by atoms with Crippen molar-refractivity contribution in [2.75, 3.05) is 12.0 Å². The largest absolute Gasteiger partial charge is 0.508 e. The van der Waals surface area contributed by atoms with E-state index in [1.165, 1.54) is 18.2 Å². The van der Waals surface area contributed by atoms with E-state index in [9.17, 15) is 33.5 Å². The standard InChI is InChI=1S/C29H23Cl2FN2O7/c1-13-11-14(3-10-20(13)35)22-17-8-9-18-21(24(37)34(23(18)36)27(40)41-2)19(17)12-28(30)25(38)33(26(39)29(22,28)31)16-6-4-15(32)5-7-16/h3-8,10-11,18-19,21-22,35H,9,12H2,1-2H3/t18-,19+,21-,22-,28+,29-/m0/s1. The lowest BCUT2D eigenvalue weighted by Crippen LogP contribution is -2.60. The number of likely N-dealkylation sites (tertiary alicyclic amines) is 1. The Morgan fingerprint density at radius 2 is 1.71 bits per heavy atom. The summed E-state index contributed by atoms with van der Waals surface area (Å²) >= 11 is 14.5. The van der Waals surface area contributed by atoms with Crippen molar-refractivity contribution in [1.82, 2.24) is 4.90 Å². The number of rotatable bonds is 2. The highest BCUT2D eigenvalue weighted by Crippen LogP contribution is 2.65. The first-order valence-electron chi connectivity index (χ1n) is 12.8. The number of aryl methyl sites for hydroxylation is 1. The first kappa shape index (κ1) is 27.4. The first-order chi connectivity index (χ1) is 19.4. The fraction of sp³-hybridized carbons (Fsp3) is 0.345. The molecule has 2 aromatic carbocycles. The van der Waals surface area contributed by atoms with Crippen LogP contribution in [0, 0.1) is 30.5 Å². The Hall–Kier alpha value is -3.76. The van der Waals surface area contributed by atoms with Crippen LogP contribution in [0.1, 0.15) is 29.9 Å². The number of imide groups is 4. The van der Waals surface area contributed by atoms with E-state index in [-0.39, 0.29) is 24.3 Å². The second-order valence-electron chi connectivity index (χ2n) is 10.8. The molecule has 2 heterocycles. The summed E-state index contributed by atoms with van der Waals surface area (Å²) in [6.07, 6.45) is 0.409. The van der Waals surface area contributed by atoms with Gasteiger partial charge in [0.1, 0.15) is 11.6 Å². The van der Waals surface area contributed by atoms with Crippen molar-refractivity contribution in [2.45, 2.75) is 35.4 Å². The number of alkyl halides is 2. The number of phenolic OH excluding ortho intramolecular Hbond substituents is 1. The molecule has 6 atom stereocenters. The molecule has 0 spiro atoms. The number of anilines is 1. The van der Waals surface area contributed by atoms with Gasteiger partial charge in [-0.1, -0.05) is 23.8 Å². The zero-order valence-corrected chi connectivity index (χ0v) is 23.3. The second kappa shape index (κ2) is 9.12. The van der Waals surface area contributed by atoms with Crippen molar-refractivity contribution < 1.29 is 38.2 Å². The zero-order chi connectivity index (χ0) is 29.6. The van der Waals surface area contributed by atoms with Crippen LogP contribution >= 0.6 is 23.2 Å². The van der Waals surface area contributed by atoms with Gasteiger partial charge in [-0.25, -0.2) is 14.1 Å². The maximum atomic E-state index is 14.2. The third-order valence-corrected chi connectivity index (χ3v) is 10.2. The van der Waals surface area contributed by atoms with Crippen LogP contribution in [-0.2, 0) is 23.9 Å². The van der Waals surface area contributed by atoms with Crippen LogP contribution in [-0.4, -0.2) is 56.6 Å². The van der Waals surface area contributed by atoms with Crippen LogP contribution in [0.4, 0.5) is 14.9 Å². The van der Waals surface area contributed by atoms with E-state index in [0.29, 0.717) is 21.6 Å². The minimum absolute atomic E-state index is 0.00777. The molecule has 4 aliphatic rings. The highest BCUT2D eigenvalue weighted by atomic mass is 35.5. The first-order valence-corrected chi connectivity index (χ1v) is 13.6. The number of nitrogens with zero attached hydrogens (tertiary/aromatic N) is 2. The van der Waals surface area contributed by atoms with E-state index in [1.54, 1.807) is 25.1 Å². The van der Waals surface area contributed by atoms with Gasteiger partial charge in [-0.15, -0.1) is 23.2 Å². The van der Waals surface area contributed by atoms with Gasteiger partial charge in [0.05, 0.1) is 24.6 Å². The molecule has 5 amide bonds. The zero-order valence-electron chi connectivity index (χ0n) is 21.8. The molecule has 2 aromatic rings. The molecular formula is C29H23Cl2FN2O7. The number of halogens is 3. The van der Waals surface area contributed by atoms with Gasteiger partial charge in [0, 0.05) is 5.92 Å². The van der Waals surface area contributed by atoms with Gasteiger partial charge in [-0.3, -0.25) is 19.2 Å². The molecular weight excluding hydrogens is 578 g/mol. The van der Waals surface area contributed by atoms with Crippen molar-refractivity contribution in [3.63, 3.8) is 0 Å². The van der Waals surface area contributed by atoms with Gasteiger partial charge in [0.2, 0.25) is 11.8 Å². The van der Waals surface area contributed by atoms with Gasteiger partial charge in [-0.05, 0) is 67.1 Å². The summed E-state index contributed by atoms with van der Waals surface area (Å²) < 4.78 is 18.4. The monoisotopic (exact) mass is 600 g/mol. The third kappa shape index (κ3) is 3.50. The lowest BCUT2D eigenvalue weighted by molar-refractivity contribution is -0.138. The molecule has 6 rings (SSSR count).